The number of rotatable bonds is 2. The summed E-state index contributed by atoms with van der Waals surface area (Å²) in [5, 5.41) is 0. The summed E-state index contributed by atoms with van der Waals surface area (Å²) in [4.78, 5) is 0. The normalized spacial score (nSPS) is 28.4. The Bertz CT molecular complexity index is 407. The fraction of sp³-hybridized carbons (Fsp3) is 0.571. The third-order valence-electron chi connectivity index (χ3n) is 4.28. The molecular formula is C14H18Br2O. The second-order valence-corrected chi connectivity index (χ2v) is 6.89. The van der Waals surface area contributed by atoms with E-state index >= 15 is 0 Å². The van der Waals surface area contributed by atoms with Crippen LogP contribution in [0.3, 0.4) is 0 Å². The first kappa shape index (κ1) is 13.4. The summed E-state index contributed by atoms with van der Waals surface area (Å²) in [5.74, 6) is 1.62. The van der Waals surface area contributed by atoms with Gasteiger partial charge in [-0.05, 0) is 73.7 Å². The third kappa shape index (κ3) is 2.28. The molecule has 0 aliphatic heterocycles. The van der Waals surface area contributed by atoms with Gasteiger partial charge in [-0.15, -0.1) is 0 Å². The molecule has 0 aromatic heterocycles. The Hall–Kier alpha value is -0.0200. The third-order valence-corrected chi connectivity index (χ3v) is 5.46. The van der Waals surface area contributed by atoms with Crippen LogP contribution in [0.1, 0.15) is 38.7 Å². The summed E-state index contributed by atoms with van der Waals surface area (Å²) in [7, 11) is 1.70. The maximum absolute atomic E-state index is 5.36. The molecular weight excluding hydrogens is 344 g/mol. The van der Waals surface area contributed by atoms with Crippen LogP contribution >= 0.6 is 31.9 Å². The van der Waals surface area contributed by atoms with Crippen molar-refractivity contribution in [1.82, 2.24) is 0 Å². The molecule has 1 nitrogen and oxygen atoms in total. The van der Waals surface area contributed by atoms with E-state index in [9.17, 15) is 0 Å². The van der Waals surface area contributed by atoms with E-state index in [1.807, 2.05) is 0 Å². The predicted molar refractivity (Wildman–Crippen MR) is 78.8 cm³/mol. The summed E-state index contributed by atoms with van der Waals surface area (Å²) in [5.41, 5.74) is 1.71. The second-order valence-electron chi connectivity index (χ2n) is 5.18. The van der Waals surface area contributed by atoms with Gasteiger partial charge in [0.15, 0.2) is 0 Å². The summed E-state index contributed by atoms with van der Waals surface area (Å²) in [6, 6.07) is 4.43. The summed E-state index contributed by atoms with van der Waals surface area (Å²) < 4.78 is 7.42. The smallest absolute Gasteiger partial charge is 0.147 e. The van der Waals surface area contributed by atoms with Gasteiger partial charge < -0.3 is 4.74 Å². The van der Waals surface area contributed by atoms with E-state index in [4.69, 9.17) is 4.74 Å². The quantitative estimate of drug-likeness (QED) is 0.694. The molecule has 1 fully saturated rings. The SMILES string of the molecule is COc1c(Br)cc(C2(C)CCCC2C)cc1Br. The summed E-state index contributed by atoms with van der Waals surface area (Å²) in [6.45, 7) is 4.74. The van der Waals surface area contributed by atoms with Crippen molar-refractivity contribution in [3.63, 3.8) is 0 Å². The Balaban J connectivity index is 2.47. The minimum atomic E-state index is 0.303. The maximum atomic E-state index is 5.36. The van der Waals surface area contributed by atoms with Crippen molar-refractivity contribution in [2.75, 3.05) is 7.11 Å². The number of ether oxygens (including phenoxy) is 1. The van der Waals surface area contributed by atoms with E-state index in [0.29, 0.717) is 5.41 Å². The highest BCUT2D eigenvalue weighted by atomic mass is 79.9. The Kier molecular flexibility index (Phi) is 3.89. The molecule has 0 amide bonds. The lowest BCUT2D eigenvalue weighted by Gasteiger charge is -2.30. The molecule has 2 atom stereocenters. The van der Waals surface area contributed by atoms with E-state index < -0.39 is 0 Å². The van der Waals surface area contributed by atoms with Crippen LogP contribution < -0.4 is 4.74 Å². The van der Waals surface area contributed by atoms with E-state index in [1.165, 1.54) is 24.8 Å². The standard InChI is InChI=1S/C14H18Br2O/c1-9-5-4-6-14(9,2)10-7-11(15)13(17-3)12(16)8-10/h7-9H,4-6H2,1-3H3. The second kappa shape index (κ2) is 4.93. The van der Waals surface area contributed by atoms with Crippen LogP contribution in [-0.2, 0) is 5.41 Å². The van der Waals surface area contributed by atoms with E-state index in [2.05, 4.69) is 57.8 Å². The van der Waals surface area contributed by atoms with Gasteiger partial charge in [0, 0.05) is 0 Å². The number of halogens is 2. The average molecular weight is 362 g/mol. The molecule has 1 aliphatic rings. The molecule has 94 valence electrons. The minimum absolute atomic E-state index is 0.303. The Morgan fingerprint density at radius 2 is 1.88 bits per heavy atom. The van der Waals surface area contributed by atoms with Crippen molar-refractivity contribution in [1.29, 1.82) is 0 Å². The van der Waals surface area contributed by atoms with Crippen LogP contribution in [0, 0.1) is 5.92 Å². The highest BCUT2D eigenvalue weighted by molar-refractivity contribution is 9.11. The van der Waals surface area contributed by atoms with E-state index in [1.54, 1.807) is 7.11 Å². The lowest BCUT2D eigenvalue weighted by atomic mass is 9.75. The van der Waals surface area contributed by atoms with Crippen LogP contribution in [0.2, 0.25) is 0 Å². The minimum Gasteiger partial charge on any atom is -0.494 e. The number of hydrogen-bond acceptors (Lipinski definition) is 1. The molecule has 0 saturated heterocycles. The largest absolute Gasteiger partial charge is 0.494 e. The van der Waals surface area contributed by atoms with Crippen molar-refractivity contribution >= 4 is 31.9 Å². The zero-order valence-corrected chi connectivity index (χ0v) is 13.7. The molecule has 17 heavy (non-hydrogen) atoms. The maximum Gasteiger partial charge on any atom is 0.147 e. The molecule has 1 saturated carbocycles. The Morgan fingerprint density at radius 1 is 1.29 bits per heavy atom. The lowest BCUT2D eigenvalue weighted by Crippen LogP contribution is -2.24. The number of benzene rings is 1. The van der Waals surface area contributed by atoms with Crippen molar-refractivity contribution in [3.8, 4) is 5.75 Å². The van der Waals surface area contributed by atoms with Crippen molar-refractivity contribution in [2.45, 2.75) is 38.5 Å². The highest BCUT2D eigenvalue weighted by Gasteiger charge is 2.37. The predicted octanol–water partition coefficient (Wildman–Crippen LogP) is 5.30. The first-order chi connectivity index (χ1) is 7.99. The van der Waals surface area contributed by atoms with E-state index in [0.717, 1.165) is 20.6 Å². The van der Waals surface area contributed by atoms with E-state index in [-0.39, 0.29) is 0 Å². The van der Waals surface area contributed by atoms with Gasteiger partial charge in [-0.25, -0.2) is 0 Å². The molecule has 0 radical (unpaired) electrons. The number of methoxy groups -OCH3 is 1. The fourth-order valence-corrected chi connectivity index (χ4v) is 4.36. The molecule has 0 heterocycles. The van der Waals surface area contributed by atoms with Crippen LogP contribution in [0.5, 0.6) is 5.75 Å². The van der Waals surface area contributed by atoms with Crippen molar-refractivity contribution < 1.29 is 4.74 Å². The number of hydrogen-bond donors (Lipinski definition) is 0. The first-order valence-electron chi connectivity index (χ1n) is 6.02. The van der Waals surface area contributed by atoms with Crippen molar-refractivity contribution in [2.24, 2.45) is 5.92 Å². The van der Waals surface area contributed by atoms with Gasteiger partial charge in [0.05, 0.1) is 16.1 Å². The molecule has 3 heteroatoms. The molecule has 2 rings (SSSR count). The topological polar surface area (TPSA) is 9.23 Å². The van der Waals surface area contributed by atoms with Gasteiger partial charge in [0.1, 0.15) is 5.75 Å². The van der Waals surface area contributed by atoms with Crippen LogP contribution in [0.15, 0.2) is 21.1 Å². The molecule has 1 aliphatic carbocycles. The van der Waals surface area contributed by atoms with Crippen LogP contribution in [0.25, 0.3) is 0 Å². The zero-order chi connectivity index (χ0) is 12.6. The summed E-state index contributed by atoms with van der Waals surface area (Å²) in [6.07, 6.45) is 3.94. The van der Waals surface area contributed by atoms with Crippen LogP contribution in [-0.4, -0.2) is 7.11 Å². The molecule has 0 spiro atoms. The molecule has 2 unspecified atom stereocenters. The molecule has 0 bridgehead atoms. The Labute approximate surface area is 120 Å². The monoisotopic (exact) mass is 360 g/mol. The first-order valence-corrected chi connectivity index (χ1v) is 7.61. The fourth-order valence-electron chi connectivity index (χ4n) is 2.85. The van der Waals surface area contributed by atoms with Gasteiger partial charge in [-0.3, -0.25) is 0 Å². The average Bonchev–Trinajstić information content (AvgIpc) is 2.60. The van der Waals surface area contributed by atoms with Gasteiger partial charge >= 0.3 is 0 Å². The molecule has 1 aromatic carbocycles. The van der Waals surface area contributed by atoms with Crippen LogP contribution in [0.4, 0.5) is 0 Å². The van der Waals surface area contributed by atoms with Gasteiger partial charge in [-0.2, -0.15) is 0 Å². The lowest BCUT2D eigenvalue weighted by molar-refractivity contribution is 0.368. The Morgan fingerprint density at radius 3 is 2.29 bits per heavy atom. The van der Waals surface area contributed by atoms with Crippen molar-refractivity contribution in [3.05, 3.63) is 26.6 Å². The van der Waals surface area contributed by atoms with Gasteiger partial charge in [0.2, 0.25) is 0 Å². The zero-order valence-electron chi connectivity index (χ0n) is 10.5. The summed E-state index contributed by atoms with van der Waals surface area (Å²) >= 11 is 7.19. The van der Waals surface area contributed by atoms with Gasteiger partial charge in [-0.1, -0.05) is 20.3 Å². The van der Waals surface area contributed by atoms with Gasteiger partial charge in [0.25, 0.3) is 0 Å². The molecule has 0 N–H and O–H groups in total. The highest BCUT2D eigenvalue weighted by Crippen LogP contribution is 2.48. The molecule has 1 aromatic rings.